The fourth-order valence-corrected chi connectivity index (χ4v) is 2.28. The molecule has 0 saturated heterocycles. The average molecular weight is 288 g/mol. The van der Waals surface area contributed by atoms with E-state index in [0.29, 0.717) is 25.7 Å². The molecule has 4 nitrogen and oxygen atoms in total. The van der Waals surface area contributed by atoms with Crippen molar-refractivity contribution in [2.24, 2.45) is 0 Å². The quantitative estimate of drug-likeness (QED) is 0.439. The van der Waals surface area contributed by atoms with Crippen molar-refractivity contribution in [2.45, 2.75) is 31.5 Å². The van der Waals surface area contributed by atoms with Crippen molar-refractivity contribution in [2.75, 3.05) is 0 Å². The molecule has 4 heteroatoms. The van der Waals surface area contributed by atoms with Crippen LogP contribution in [0, 0.1) is 0 Å². The molecule has 0 unspecified atom stereocenters. The second-order valence-electron chi connectivity index (χ2n) is 5.06. The highest BCUT2D eigenvalue weighted by atomic mass is 17.2. The third-order valence-electron chi connectivity index (χ3n) is 3.61. The topological polar surface area (TPSA) is 58.9 Å². The van der Waals surface area contributed by atoms with E-state index >= 15 is 0 Å². The van der Waals surface area contributed by atoms with Gasteiger partial charge >= 0.3 is 0 Å². The first-order valence-electron chi connectivity index (χ1n) is 7.01. The number of hydrogen-bond donors (Lipinski definition) is 2. The van der Waals surface area contributed by atoms with Gasteiger partial charge in [-0.3, -0.25) is 0 Å². The smallest absolute Gasteiger partial charge is 0.234 e. The maximum absolute atomic E-state index is 9.15. The van der Waals surface area contributed by atoms with Crippen LogP contribution in [-0.4, -0.2) is 16.3 Å². The zero-order valence-electron chi connectivity index (χ0n) is 11.8. The second kappa shape index (κ2) is 7.90. The molecule has 0 atom stereocenters. The van der Waals surface area contributed by atoms with Gasteiger partial charge in [-0.05, 0) is 24.0 Å². The van der Waals surface area contributed by atoms with Gasteiger partial charge < -0.3 is 0 Å². The van der Waals surface area contributed by atoms with Crippen molar-refractivity contribution in [3.05, 3.63) is 71.8 Å². The summed E-state index contributed by atoms with van der Waals surface area (Å²) in [7, 11) is 0. The molecule has 0 aliphatic heterocycles. The van der Waals surface area contributed by atoms with Gasteiger partial charge in [0.15, 0.2) is 0 Å². The monoisotopic (exact) mass is 288 g/mol. The lowest BCUT2D eigenvalue weighted by Crippen LogP contribution is -2.35. The second-order valence-corrected chi connectivity index (χ2v) is 5.06. The Hall–Kier alpha value is -1.72. The number of benzene rings is 2. The van der Waals surface area contributed by atoms with Crippen LogP contribution in [0.4, 0.5) is 0 Å². The van der Waals surface area contributed by atoms with Gasteiger partial charge in [0.25, 0.3) is 0 Å². The van der Waals surface area contributed by atoms with E-state index in [9.17, 15) is 0 Å². The summed E-state index contributed by atoms with van der Waals surface area (Å²) < 4.78 is 0. The zero-order chi connectivity index (χ0) is 15.0. The van der Waals surface area contributed by atoms with Gasteiger partial charge in [0.1, 0.15) is 0 Å². The normalized spacial score (nSPS) is 11.5. The van der Waals surface area contributed by atoms with Crippen molar-refractivity contribution in [1.29, 1.82) is 0 Å². The molecule has 0 fully saturated rings. The molecule has 2 rings (SSSR count). The van der Waals surface area contributed by atoms with Crippen molar-refractivity contribution in [1.82, 2.24) is 0 Å². The highest BCUT2D eigenvalue weighted by Gasteiger charge is 2.33. The molecule has 0 amide bonds. The Labute approximate surface area is 124 Å². The molecule has 2 aromatic carbocycles. The van der Waals surface area contributed by atoms with Gasteiger partial charge in [-0.2, -0.15) is 0 Å². The summed E-state index contributed by atoms with van der Waals surface area (Å²) in [5, 5.41) is 18.3. The predicted molar refractivity (Wildman–Crippen MR) is 79.7 cm³/mol. The molecule has 112 valence electrons. The van der Waals surface area contributed by atoms with Gasteiger partial charge in [0.2, 0.25) is 5.79 Å². The van der Waals surface area contributed by atoms with E-state index in [1.165, 1.54) is 0 Å². The molecule has 0 saturated carbocycles. The average Bonchev–Trinajstić information content (AvgIpc) is 2.58. The number of aryl methyl sites for hydroxylation is 2. The minimum atomic E-state index is -1.40. The summed E-state index contributed by atoms with van der Waals surface area (Å²) in [5.74, 6) is -1.40. The number of rotatable bonds is 8. The van der Waals surface area contributed by atoms with Crippen molar-refractivity contribution < 1.29 is 20.3 Å². The molecule has 0 aliphatic carbocycles. The molecule has 0 heterocycles. The Morgan fingerprint density at radius 3 is 1.38 bits per heavy atom. The van der Waals surface area contributed by atoms with Crippen LogP contribution in [0.3, 0.4) is 0 Å². The van der Waals surface area contributed by atoms with Gasteiger partial charge in [-0.15, -0.1) is 0 Å². The molecule has 2 aromatic rings. The highest BCUT2D eigenvalue weighted by molar-refractivity contribution is 5.16. The molecule has 21 heavy (non-hydrogen) atoms. The van der Waals surface area contributed by atoms with Crippen LogP contribution in [0.1, 0.15) is 24.0 Å². The first-order valence-corrected chi connectivity index (χ1v) is 7.01. The Kier molecular flexibility index (Phi) is 5.90. The Bertz CT molecular complexity index is 463. The van der Waals surface area contributed by atoms with Crippen LogP contribution in [0.5, 0.6) is 0 Å². The van der Waals surface area contributed by atoms with Gasteiger partial charge in [0.05, 0.1) is 0 Å². The standard InChI is InChI=1S/C17H20O4/c18-20-17(21-19,13-11-15-7-3-1-4-8-15)14-12-16-9-5-2-6-10-16/h1-10,18-19H,11-14H2. The molecule has 0 radical (unpaired) electrons. The van der Waals surface area contributed by atoms with Crippen LogP contribution < -0.4 is 0 Å². The molecule has 0 aromatic heterocycles. The fraction of sp³-hybridized carbons (Fsp3) is 0.294. The van der Waals surface area contributed by atoms with E-state index in [2.05, 4.69) is 9.78 Å². The maximum Gasteiger partial charge on any atom is 0.234 e. The molecule has 0 spiro atoms. The lowest BCUT2D eigenvalue weighted by atomic mass is 9.98. The molecule has 0 aliphatic rings. The Morgan fingerprint density at radius 1 is 0.667 bits per heavy atom. The van der Waals surface area contributed by atoms with Gasteiger partial charge in [-0.25, -0.2) is 20.3 Å². The third-order valence-corrected chi connectivity index (χ3v) is 3.61. The lowest BCUT2D eigenvalue weighted by Gasteiger charge is -2.26. The first kappa shape index (κ1) is 15.7. The van der Waals surface area contributed by atoms with E-state index < -0.39 is 5.79 Å². The van der Waals surface area contributed by atoms with E-state index in [1.807, 2.05) is 60.7 Å². The molecular formula is C17H20O4. The van der Waals surface area contributed by atoms with Crippen LogP contribution >= 0.6 is 0 Å². The third kappa shape index (κ3) is 4.65. The van der Waals surface area contributed by atoms with Gasteiger partial charge in [-0.1, -0.05) is 60.7 Å². The summed E-state index contributed by atoms with van der Waals surface area (Å²) in [6, 6.07) is 19.6. The van der Waals surface area contributed by atoms with E-state index in [1.54, 1.807) is 0 Å². The molecule has 0 bridgehead atoms. The van der Waals surface area contributed by atoms with E-state index in [-0.39, 0.29) is 0 Å². The van der Waals surface area contributed by atoms with Crippen LogP contribution in [-0.2, 0) is 22.6 Å². The summed E-state index contributed by atoms with van der Waals surface area (Å²) in [6.07, 6.45) is 1.99. The molecule has 2 N–H and O–H groups in total. The molecular weight excluding hydrogens is 268 g/mol. The number of hydrogen-bond acceptors (Lipinski definition) is 4. The minimum absolute atomic E-state index is 0.358. The van der Waals surface area contributed by atoms with Gasteiger partial charge in [0, 0.05) is 12.8 Å². The van der Waals surface area contributed by atoms with E-state index in [4.69, 9.17) is 10.5 Å². The predicted octanol–water partition coefficient (Wildman–Crippen LogP) is 3.93. The fourth-order valence-electron chi connectivity index (χ4n) is 2.28. The summed E-state index contributed by atoms with van der Waals surface area (Å²) in [4.78, 5) is 8.92. The van der Waals surface area contributed by atoms with E-state index in [0.717, 1.165) is 11.1 Å². The highest BCUT2D eigenvalue weighted by Crippen LogP contribution is 2.25. The van der Waals surface area contributed by atoms with Crippen LogP contribution in [0.15, 0.2) is 60.7 Å². The summed E-state index contributed by atoms with van der Waals surface area (Å²) >= 11 is 0. The van der Waals surface area contributed by atoms with Crippen molar-refractivity contribution >= 4 is 0 Å². The van der Waals surface area contributed by atoms with Crippen LogP contribution in [0.2, 0.25) is 0 Å². The zero-order valence-corrected chi connectivity index (χ0v) is 11.8. The lowest BCUT2D eigenvalue weighted by molar-refractivity contribution is -0.489. The Balaban J connectivity index is 1.95. The first-order chi connectivity index (χ1) is 10.3. The summed E-state index contributed by atoms with van der Waals surface area (Å²) in [5.41, 5.74) is 2.19. The maximum atomic E-state index is 9.15. The minimum Gasteiger partial charge on any atom is -0.249 e. The Morgan fingerprint density at radius 2 is 1.05 bits per heavy atom. The van der Waals surface area contributed by atoms with Crippen LogP contribution in [0.25, 0.3) is 0 Å². The van der Waals surface area contributed by atoms with Crippen molar-refractivity contribution in [3.8, 4) is 0 Å². The largest absolute Gasteiger partial charge is 0.249 e. The summed E-state index contributed by atoms with van der Waals surface area (Å²) in [6.45, 7) is 0. The van der Waals surface area contributed by atoms with Crippen molar-refractivity contribution in [3.63, 3.8) is 0 Å². The SMILES string of the molecule is OOC(CCc1ccccc1)(CCc1ccccc1)OO.